The normalized spacial score (nSPS) is 9.93. The molecular formula is C10H8ClN3O. The topological polar surface area (TPSA) is 47.9 Å². The molecule has 4 nitrogen and oxygen atoms in total. The number of hydrogen-bond acceptors (Lipinski definition) is 4. The van der Waals surface area contributed by atoms with E-state index in [1.54, 1.807) is 0 Å². The van der Waals surface area contributed by atoms with Crippen LogP contribution in [0.1, 0.15) is 5.56 Å². The zero-order valence-corrected chi connectivity index (χ0v) is 8.55. The standard InChI is InChI=1S/C10H8ClN3O/c11-9-12-7-13-10(14-9)15-6-8-4-2-1-3-5-8/h1-5,7H,6H2. The molecule has 0 fully saturated rings. The van der Waals surface area contributed by atoms with E-state index in [1.807, 2.05) is 30.3 Å². The highest BCUT2D eigenvalue weighted by Crippen LogP contribution is 2.07. The molecule has 0 spiro atoms. The molecule has 15 heavy (non-hydrogen) atoms. The first-order valence-corrected chi connectivity index (χ1v) is 4.73. The van der Waals surface area contributed by atoms with E-state index in [2.05, 4.69) is 15.0 Å². The molecule has 0 radical (unpaired) electrons. The van der Waals surface area contributed by atoms with Crippen molar-refractivity contribution in [2.45, 2.75) is 6.61 Å². The maximum absolute atomic E-state index is 5.58. The van der Waals surface area contributed by atoms with Crippen LogP contribution in [0, 0.1) is 0 Å². The van der Waals surface area contributed by atoms with Crippen LogP contribution in [-0.2, 0) is 6.61 Å². The zero-order valence-electron chi connectivity index (χ0n) is 7.80. The lowest BCUT2D eigenvalue weighted by Gasteiger charge is -2.03. The Bertz CT molecular complexity index is 436. The molecule has 0 aliphatic carbocycles. The van der Waals surface area contributed by atoms with Crippen molar-refractivity contribution in [1.82, 2.24) is 15.0 Å². The van der Waals surface area contributed by atoms with E-state index in [9.17, 15) is 0 Å². The summed E-state index contributed by atoms with van der Waals surface area (Å²) in [5.74, 6) is 0. The van der Waals surface area contributed by atoms with E-state index < -0.39 is 0 Å². The second-order valence-corrected chi connectivity index (χ2v) is 3.15. The largest absolute Gasteiger partial charge is 0.458 e. The summed E-state index contributed by atoms with van der Waals surface area (Å²) in [4.78, 5) is 11.3. The van der Waals surface area contributed by atoms with Gasteiger partial charge in [0.1, 0.15) is 12.9 Å². The Morgan fingerprint density at radius 1 is 1.13 bits per heavy atom. The highest BCUT2D eigenvalue weighted by atomic mass is 35.5. The lowest BCUT2D eigenvalue weighted by molar-refractivity contribution is 0.279. The van der Waals surface area contributed by atoms with Gasteiger partial charge in [0.25, 0.3) is 0 Å². The highest BCUT2D eigenvalue weighted by Gasteiger charge is 1.99. The Balaban J connectivity index is 1.99. The first-order chi connectivity index (χ1) is 7.34. The monoisotopic (exact) mass is 221 g/mol. The summed E-state index contributed by atoms with van der Waals surface area (Å²) in [5, 5.41) is 0.132. The molecule has 0 aliphatic heterocycles. The fourth-order valence-electron chi connectivity index (χ4n) is 1.05. The second kappa shape index (κ2) is 4.70. The minimum Gasteiger partial charge on any atom is -0.458 e. The quantitative estimate of drug-likeness (QED) is 0.797. The van der Waals surface area contributed by atoms with Crippen LogP contribution in [-0.4, -0.2) is 15.0 Å². The maximum atomic E-state index is 5.58. The summed E-state index contributed by atoms with van der Waals surface area (Å²) in [6, 6.07) is 9.99. The third-order valence-corrected chi connectivity index (χ3v) is 1.91. The molecule has 5 heteroatoms. The highest BCUT2D eigenvalue weighted by molar-refractivity contribution is 6.28. The molecule has 0 atom stereocenters. The van der Waals surface area contributed by atoms with E-state index in [0.717, 1.165) is 5.56 Å². The van der Waals surface area contributed by atoms with Gasteiger partial charge in [0, 0.05) is 0 Å². The van der Waals surface area contributed by atoms with Crippen LogP contribution in [0.3, 0.4) is 0 Å². The smallest absolute Gasteiger partial charge is 0.321 e. The first kappa shape index (κ1) is 9.86. The number of benzene rings is 1. The van der Waals surface area contributed by atoms with E-state index in [0.29, 0.717) is 6.61 Å². The number of nitrogens with zero attached hydrogens (tertiary/aromatic N) is 3. The summed E-state index contributed by atoms with van der Waals surface area (Å²) in [5.41, 5.74) is 1.05. The average molecular weight is 222 g/mol. The molecule has 0 saturated carbocycles. The van der Waals surface area contributed by atoms with Crippen molar-refractivity contribution in [2.75, 3.05) is 0 Å². The van der Waals surface area contributed by atoms with Gasteiger partial charge in [-0.05, 0) is 17.2 Å². The molecular weight excluding hydrogens is 214 g/mol. The molecule has 0 aliphatic rings. The molecule has 2 aromatic rings. The average Bonchev–Trinajstić information content (AvgIpc) is 2.28. The predicted molar refractivity (Wildman–Crippen MR) is 55.6 cm³/mol. The number of rotatable bonds is 3. The first-order valence-electron chi connectivity index (χ1n) is 4.36. The molecule has 1 aromatic carbocycles. The van der Waals surface area contributed by atoms with Crippen LogP contribution in [0.25, 0.3) is 0 Å². The van der Waals surface area contributed by atoms with Crippen molar-refractivity contribution in [3.05, 3.63) is 47.5 Å². The van der Waals surface area contributed by atoms with Gasteiger partial charge in [-0.1, -0.05) is 30.3 Å². The molecule has 0 bridgehead atoms. The SMILES string of the molecule is Clc1ncnc(OCc2ccccc2)n1. The summed E-state index contributed by atoms with van der Waals surface area (Å²) in [6.45, 7) is 0.418. The molecule has 0 unspecified atom stereocenters. The molecule has 2 rings (SSSR count). The predicted octanol–water partition coefficient (Wildman–Crippen LogP) is 2.10. The van der Waals surface area contributed by atoms with Gasteiger partial charge < -0.3 is 4.74 Å². The molecule has 1 aromatic heterocycles. The summed E-state index contributed by atoms with van der Waals surface area (Å²) >= 11 is 5.58. The third-order valence-electron chi connectivity index (χ3n) is 1.73. The summed E-state index contributed by atoms with van der Waals surface area (Å²) in [7, 11) is 0. The van der Waals surface area contributed by atoms with Crippen molar-refractivity contribution in [3.63, 3.8) is 0 Å². The zero-order chi connectivity index (χ0) is 10.5. The van der Waals surface area contributed by atoms with E-state index in [1.165, 1.54) is 6.33 Å². The minimum absolute atomic E-state index is 0.132. The van der Waals surface area contributed by atoms with Gasteiger partial charge in [0.15, 0.2) is 0 Å². The van der Waals surface area contributed by atoms with E-state index in [-0.39, 0.29) is 11.3 Å². The van der Waals surface area contributed by atoms with Crippen molar-refractivity contribution < 1.29 is 4.74 Å². The van der Waals surface area contributed by atoms with Crippen LogP contribution in [0.4, 0.5) is 0 Å². The van der Waals surface area contributed by atoms with Gasteiger partial charge in [-0.25, -0.2) is 4.98 Å². The van der Waals surface area contributed by atoms with Crippen molar-refractivity contribution >= 4 is 11.6 Å². The van der Waals surface area contributed by atoms with Crippen LogP contribution in [0.15, 0.2) is 36.7 Å². The number of aromatic nitrogens is 3. The van der Waals surface area contributed by atoms with Crippen LogP contribution < -0.4 is 4.74 Å². The second-order valence-electron chi connectivity index (χ2n) is 2.81. The van der Waals surface area contributed by atoms with Gasteiger partial charge in [-0.2, -0.15) is 9.97 Å². The number of ether oxygens (including phenoxy) is 1. The van der Waals surface area contributed by atoms with Crippen molar-refractivity contribution in [2.24, 2.45) is 0 Å². The number of hydrogen-bond donors (Lipinski definition) is 0. The lowest BCUT2D eigenvalue weighted by Crippen LogP contribution is -1.99. The molecule has 76 valence electrons. The van der Waals surface area contributed by atoms with Gasteiger partial charge in [0.05, 0.1) is 0 Å². The van der Waals surface area contributed by atoms with Crippen LogP contribution >= 0.6 is 11.6 Å². The van der Waals surface area contributed by atoms with E-state index in [4.69, 9.17) is 16.3 Å². The molecule has 0 saturated heterocycles. The Labute approximate surface area is 91.9 Å². The Hall–Kier alpha value is -1.68. The fraction of sp³-hybridized carbons (Fsp3) is 0.100. The summed E-state index contributed by atoms with van der Waals surface area (Å²) < 4.78 is 5.33. The van der Waals surface area contributed by atoms with Gasteiger partial charge in [0.2, 0.25) is 5.28 Å². The lowest BCUT2D eigenvalue weighted by atomic mass is 10.2. The number of halogens is 1. The Kier molecular flexibility index (Phi) is 3.09. The van der Waals surface area contributed by atoms with Gasteiger partial charge in [-0.3, -0.25) is 0 Å². The van der Waals surface area contributed by atoms with E-state index >= 15 is 0 Å². The fourth-order valence-corrected chi connectivity index (χ4v) is 1.17. The van der Waals surface area contributed by atoms with Gasteiger partial charge >= 0.3 is 6.01 Å². The third kappa shape index (κ3) is 2.89. The molecule has 1 heterocycles. The summed E-state index contributed by atoms with van der Waals surface area (Å²) in [6.07, 6.45) is 1.32. The van der Waals surface area contributed by atoms with Gasteiger partial charge in [-0.15, -0.1) is 0 Å². The van der Waals surface area contributed by atoms with Crippen LogP contribution in [0.2, 0.25) is 5.28 Å². The Morgan fingerprint density at radius 2 is 1.93 bits per heavy atom. The maximum Gasteiger partial charge on any atom is 0.321 e. The Morgan fingerprint density at radius 3 is 2.67 bits per heavy atom. The molecule has 0 N–H and O–H groups in total. The van der Waals surface area contributed by atoms with Crippen molar-refractivity contribution in [3.8, 4) is 6.01 Å². The minimum atomic E-state index is 0.132. The molecule has 0 amide bonds. The van der Waals surface area contributed by atoms with Crippen molar-refractivity contribution in [1.29, 1.82) is 0 Å². The van der Waals surface area contributed by atoms with Crippen LogP contribution in [0.5, 0.6) is 6.01 Å².